The minimum atomic E-state index is -1.30. The Kier molecular flexibility index (Phi) is 6.85. The minimum Gasteiger partial charge on any atom is -0.449 e. The van der Waals surface area contributed by atoms with E-state index in [4.69, 9.17) is 4.74 Å². The molecule has 0 fully saturated rings. The molecule has 28 heavy (non-hydrogen) atoms. The maximum atomic E-state index is 11.2. The molecule has 0 saturated heterocycles. The Morgan fingerprint density at radius 1 is 0.821 bits per heavy atom. The van der Waals surface area contributed by atoms with Gasteiger partial charge < -0.3 is 9.84 Å². The zero-order valence-electron chi connectivity index (χ0n) is 16.2. The van der Waals surface area contributed by atoms with E-state index in [-0.39, 0.29) is 0 Å². The third kappa shape index (κ3) is 4.80. The summed E-state index contributed by atoms with van der Waals surface area (Å²) in [7, 11) is 0. The van der Waals surface area contributed by atoms with Crippen molar-refractivity contribution < 1.29 is 14.6 Å². The molecular weight excluding hydrogens is 348 g/mol. The number of aryl methyl sites for hydroxylation is 1. The molecule has 0 radical (unpaired) electrons. The van der Waals surface area contributed by atoms with Crippen LogP contribution in [-0.2, 0) is 6.42 Å². The molecular formula is C25H26O3. The highest BCUT2D eigenvalue weighted by atomic mass is 16.7. The van der Waals surface area contributed by atoms with Crippen LogP contribution in [-0.4, -0.2) is 11.3 Å². The van der Waals surface area contributed by atoms with Crippen LogP contribution < -0.4 is 4.74 Å². The predicted molar refractivity (Wildman–Crippen MR) is 114 cm³/mol. The Balaban J connectivity index is 2.09. The van der Waals surface area contributed by atoms with Crippen molar-refractivity contribution in [3.63, 3.8) is 0 Å². The minimum absolute atomic E-state index is 0.358. The summed E-state index contributed by atoms with van der Waals surface area (Å²) >= 11 is 0. The van der Waals surface area contributed by atoms with Crippen LogP contribution in [0.4, 0.5) is 4.79 Å². The van der Waals surface area contributed by atoms with Gasteiger partial charge in [0, 0.05) is 5.56 Å². The van der Waals surface area contributed by atoms with Crippen LogP contribution in [0.2, 0.25) is 0 Å². The van der Waals surface area contributed by atoms with E-state index < -0.39 is 6.16 Å². The molecule has 0 amide bonds. The van der Waals surface area contributed by atoms with E-state index in [0.29, 0.717) is 5.75 Å². The SMILES string of the molecule is CCCCCCc1ccccc1-c1cccc(OC(=O)O)c1-c1ccccc1. The number of carbonyl (C=O) groups is 1. The van der Waals surface area contributed by atoms with Crippen molar-refractivity contribution in [2.24, 2.45) is 0 Å². The fraction of sp³-hybridized carbons (Fsp3) is 0.240. The number of hydrogen-bond acceptors (Lipinski definition) is 2. The quantitative estimate of drug-likeness (QED) is 0.258. The molecule has 0 aliphatic heterocycles. The molecule has 0 aliphatic carbocycles. The fourth-order valence-electron chi connectivity index (χ4n) is 3.58. The van der Waals surface area contributed by atoms with Gasteiger partial charge >= 0.3 is 6.16 Å². The lowest BCUT2D eigenvalue weighted by Gasteiger charge is -2.17. The number of unbranched alkanes of at least 4 members (excludes halogenated alkanes) is 3. The maximum absolute atomic E-state index is 11.2. The number of hydrogen-bond donors (Lipinski definition) is 1. The topological polar surface area (TPSA) is 46.5 Å². The lowest BCUT2D eigenvalue weighted by atomic mass is 9.89. The van der Waals surface area contributed by atoms with E-state index >= 15 is 0 Å². The molecule has 3 heteroatoms. The number of ether oxygens (including phenoxy) is 1. The average molecular weight is 374 g/mol. The van der Waals surface area contributed by atoms with Crippen molar-refractivity contribution in [3.05, 3.63) is 78.4 Å². The van der Waals surface area contributed by atoms with Crippen LogP contribution in [0, 0.1) is 0 Å². The van der Waals surface area contributed by atoms with Gasteiger partial charge in [0.05, 0.1) is 0 Å². The second-order valence-corrected chi connectivity index (χ2v) is 6.88. The summed E-state index contributed by atoms with van der Waals surface area (Å²) in [6, 6.07) is 23.8. The van der Waals surface area contributed by atoms with Crippen molar-refractivity contribution in [3.8, 4) is 28.0 Å². The Labute approximate surface area is 166 Å². The molecule has 3 nitrogen and oxygen atoms in total. The molecule has 3 aromatic carbocycles. The largest absolute Gasteiger partial charge is 0.511 e. The molecule has 0 bridgehead atoms. The van der Waals surface area contributed by atoms with Gasteiger partial charge in [-0.05, 0) is 41.2 Å². The van der Waals surface area contributed by atoms with Crippen molar-refractivity contribution in [1.29, 1.82) is 0 Å². The van der Waals surface area contributed by atoms with Crippen LogP contribution >= 0.6 is 0 Å². The van der Waals surface area contributed by atoms with Gasteiger partial charge in [-0.2, -0.15) is 0 Å². The molecule has 0 aliphatic rings. The molecule has 0 atom stereocenters. The molecule has 1 N–H and O–H groups in total. The molecule has 0 unspecified atom stereocenters. The van der Waals surface area contributed by atoms with Gasteiger partial charge in [-0.3, -0.25) is 0 Å². The average Bonchev–Trinajstić information content (AvgIpc) is 2.71. The molecule has 3 rings (SSSR count). The number of carboxylic acid groups (broad SMARTS) is 1. The first-order valence-electron chi connectivity index (χ1n) is 9.88. The first-order chi connectivity index (χ1) is 13.7. The Bertz CT molecular complexity index is 916. The van der Waals surface area contributed by atoms with Gasteiger partial charge in [0.15, 0.2) is 0 Å². The summed E-state index contributed by atoms with van der Waals surface area (Å²) in [4.78, 5) is 11.2. The van der Waals surface area contributed by atoms with Gasteiger partial charge in [0.25, 0.3) is 0 Å². The van der Waals surface area contributed by atoms with Crippen molar-refractivity contribution in [2.75, 3.05) is 0 Å². The zero-order valence-corrected chi connectivity index (χ0v) is 16.2. The smallest absolute Gasteiger partial charge is 0.449 e. The highest BCUT2D eigenvalue weighted by Gasteiger charge is 2.17. The van der Waals surface area contributed by atoms with Gasteiger partial charge in [0.1, 0.15) is 5.75 Å². The molecule has 144 valence electrons. The van der Waals surface area contributed by atoms with E-state index in [9.17, 15) is 9.90 Å². The first kappa shape index (κ1) is 19.7. The van der Waals surface area contributed by atoms with Crippen LogP contribution in [0.1, 0.15) is 38.2 Å². The summed E-state index contributed by atoms with van der Waals surface area (Å²) in [6.45, 7) is 2.22. The second kappa shape index (κ2) is 9.75. The molecule has 3 aromatic rings. The van der Waals surface area contributed by atoms with Gasteiger partial charge in [-0.25, -0.2) is 4.79 Å². The van der Waals surface area contributed by atoms with Crippen LogP contribution in [0.15, 0.2) is 72.8 Å². The van der Waals surface area contributed by atoms with Crippen LogP contribution in [0.5, 0.6) is 5.75 Å². The van der Waals surface area contributed by atoms with Crippen molar-refractivity contribution in [2.45, 2.75) is 39.0 Å². The number of benzene rings is 3. The van der Waals surface area contributed by atoms with E-state index in [1.165, 1.54) is 24.8 Å². The second-order valence-electron chi connectivity index (χ2n) is 6.88. The highest BCUT2D eigenvalue weighted by molar-refractivity contribution is 5.89. The summed E-state index contributed by atoms with van der Waals surface area (Å²) in [5.41, 5.74) is 5.16. The van der Waals surface area contributed by atoms with Gasteiger partial charge in [0.2, 0.25) is 0 Å². The molecule has 0 saturated carbocycles. The van der Waals surface area contributed by atoms with E-state index in [0.717, 1.165) is 35.1 Å². The van der Waals surface area contributed by atoms with Gasteiger partial charge in [-0.1, -0.05) is 92.9 Å². The van der Waals surface area contributed by atoms with E-state index in [1.807, 2.05) is 48.5 Å². The summed E-state index contributed by atoms with van der Waals surface area (Å²) in [5.74, 6) is 0.358. The van der Waals surface area contributed by atoms with Crippen LogP contribution in [0.25, 0.3) is 22.3 Å². The zero-order chi connectivity index (χ0) is 19.8. The van der Waals surface area contributed by atoms with E-state index in [2.05, 4.69) is 25.1 Å². The Morgan fingerprint density at radius 3 is 2.29 bits per heavy atom. The Morgan fingerprint density at radius 2 is 1.54 bits per heavy atom. The lowest BCUT2D eigenvalue weighted by molar-refractivity contribution is 0.144. The maximum Gasteiger partial charge on any atom is 0.511 e. The third-order valence-corrected chi connectivity index (χ3v) is 4.89. The summed E-state index contributed by atoms with van der Waals surface area (Å²) < 4.78 is 5.13. The number of rotatable bonds is 8. The fourth-order valence-corrected chi connectivity index (χ4v) is 3.58. The van der Waals surface area contributed by atoms with E-state index in [1.54, 1.807) is 6.07 Å². The third-order valence-electron chi connectivity index (χ3n) is 4.89. The normalized spacial score (nSPS) is 10.6. The standard InChI is InChI=1S/C25H26O3/c1-2-3-4-6-12-19-13-9-10-16-21(19)22-17-11-18-23(28-25(26)27)24(22)20-14-7-5-8-15-20/h5,7-11,13-18H,2-4,6,12H2,1H3,(H,26,27). The molecule has 0 spiro atoms. The van der Waals surface area contributed by atoms with Crippen LogP contribution in [0.3, 0.4) is 0 Å². The molecule has 0 aromatic heterocycles. The molecule has 0 heterocycles. The lowest BCUT2D eigenvalue weighted by Crippen LogP contribution is -2.05. The highest BCUT2D eigenvalue weighted by Crippen LogP contribution is 2.40. The summed E-state index contributed by atoms with van der Waals surface area (Å²) in [5, 5.41) is 9.20. The van der Waals surface area contributed by atoms with Crippen molar-refractivity contribution >= 4 is 6.16 Å². The monoisotopic (exact) mass is 374 g/mol. The van der Waals surface area contributed by atoms with Gasteiger partial charge in [-0.15, -0.1) is 0 Å². The van der Waals surface area contributed by atoms with Crippen molar-refractivity contribution in [1.82, 2.24) is 0 Å². The Hall–Kier alpha value is -3.07. The predicted octanol–water partition coefficient (Wildman–Crippen LogP) is 7.20. The first-order valence-corrected chi connectivity index (χ1v) is 9.88. The summed E-state index contributed by atoms with van der Waals surface area (Å²) in [6.07, 6.45) is 4.54.